The highest BCUT2D eigenvalue weighted by molar-refractivity contribution is 14.0. The van der Waals surface area contributed by atoms with E-state index in [4.69, 9.17) is 0 Å². The van der Waals surface area contributed by atoms with Gasteiger partial charge < -0.3 is 20.4 Å². The van der Waals surface area contributed by atoms with Gasteiger partial charge in [-0.1, -0.05) is 19.3 Å². The van der Waals surface area contributed by atoms with Crippen molar-refractivity contribution in [3.05, 3.63) is 0 Å². The average molecular weight is 505 g/mol. The molecule has 0 atom stereocenters. The van der Waals surface area contributed by atoms with E-state index in [9.17, 15) is 9.59 Å². The van der Waals surface area contributed by atoms with Gasteiger partial charge in [0, 0.05) is 45.2 Å². The number of amides is 2. The fraction of sp³-hybridized carbons (Fsp3) is 0.850. The number of nitrogens with zero attached hydrogens (tertiary/aromatic N) is 3. The lowest BCUT2D eigenvalue weighted by atomic mass is 9.95. The topological polar surface area (TPSA) is 77.0 Å². The monoisotopic (exact) mass is 505 g/mol. The number of likely N-dealkylation sites (tertiary alicyclic amines) is 1. The maximum Gasteiger partial charge on any atom is 0.243 e. The van der Waals surface area contributed by atoms with Gasteiger partial charge in [0.05, 0.1) is 0 Å². The molecule has 28 heavy (non-hydrogen) atoms. The van der Waals surface area contributed by atoms with Gasteiger partial charge in [-0.15, -0.1) is 24.0 Å². The quantitative estimate of drug-likeness (QED) is 0.341. The Hall–Kier alpha value is -1.06. The normalized spacial score (nSPS) is 21.6. The number of carbonyl (C=O) groups excluding carboxylic acids is 2. The lowest BCUT2D eigenvalue weighted by Gasteiger charge is -2.34. The summed E-state index contributed by atoms with van der Waals surface area (Å²) < 4.78 is 0. The molecule has 0 aromatic rings. The highest BCUT2D eigenvalue weighted by Crippen LogP contribution is 2.31. The van der Waals surface area contributed by atoms with E-state index in [-0.39, 0.29) is 36.4 Å². The van der Waals surface area contributed by atoms with E-state index in [1.54, 1.807) is 19.0 Å². The van der Waals surface area contributed by atoms with Crippen LogP contribution in [0.5, 0.6) is 0 Å². The molecule has 2 N–H and O–H groups in total. The molecule has 0 aromatic carbocycles. The Kier molecular flexibility index (Phi) is 9.30. The third-order valence-corrected chi connectivity index (χ3v) is 5.89. The second-order valence-corrected chi connectivity index (χ2v) is 8.45. The summed E-state index contributed by atoms with van der Waals surface area (Å²) in [7, 11) is 3.51. The summed E-state index contributed by atoms with van der Waals surface area (Å²) in [5.74, 6) is 1.41. The first-order valence-corrected chi connectivity index (χ1v) is 10.6. The summed E-state index contributed by atoms with van der Waals surface area (Å²) in [6.45, 7) is 1.80. The summed E-state index contributed by atoms with van der Waals surface area (Å²) in [5, 5.41) is 7.08. The van der Waals surface area contributed by atoms with Crippen molar-refractivity contribution in [2.75, 3.05) is 33.7 Å². The van der Waals surface area contributed by atoms with E-state index in [0.29, 0.717) is 23.9 Å². The molecular weight excluding hydrogens is 469 g/mol. The van der Waals surface area contributed by atoms with E-state index >= 15 is 0 Å². The van der Waals surface area contributed by atoms with Gasteiger partial charge in [0.25, 0.3) is 0 Å². The van der Waals surface area contributed by atoms with Gasteiger partial charge in [-0.05, 0) is 38.5 Å². The third-order valence-electron chi connectivity index (χ3n) is 5.89. The molecule has 2 aliphatic carbocycles. The van der Waals surface area contributed by atoms with Crippen LogP contribution in [0.2, 0.25) is 0 Å². The third kappa shape index (κ3) is 7.08. The molecule has 1 heterocycles. The Morgan fingerprint density at radius 2 is 1.50 bits per heavy atom. The van der Waals surface area contributed by atoms with Crippen LogP contribution >= 0.6 is 24.0 Å². The zero-order valence-corrected chi connectivity index (χ0v) is 19.6. The molecule has 1 aliphatic heterocycles. The fourth-order valence-corrected chi connectivity index (χ4v) is 3.89. The second kappa shape index (κ2) is 11.2. The number of nitrogens with one attached hydrogen (secondary N) is 2. The number of halogens is 1. The molecular formula is C20H36IN5O2. The molecule has 0 aromatic heterocycles. The van der Waals surface area contributed by atoms with Crippen LogP contribution in [0.1, 0.15) is 57.8 Å². The van der Waals surface area contributed by atoms with Gasteiger partial charge in [-0.3, -0.25) is 9.59 Å². The van der Waals surface area contributed by atoms with Crippen LogP contribution in [0, 0.1) is 5.92 Å². The summed E-state index contributed by atoms with van der Waals surface area (Å²) in [6, 6.07) is 0.744. The van der Waals surface area contributed by atoms with Crippen LogP contribution in [0.4, 0.5) is 0 Å². The molecule has 160 valence electrons. The molecule has 2 saturated carbocycles. The summed E-state index contributed by atoms with van der Waals surface area (Å²) in [5.41, 5.74) is 0. The number of aliphatic imine (C=N–C) groups is 1. The molecule has 3 fully saturated rings. The molecule has 0 spiro atoms. The molecule has 3 aliphatic rings. The largest absolute Gasteiger partial charge is 0.354 e. The van der Waals surface area contributed by atoms with Crippen molar-refractivity contribution in [3.8, 4) is 0 Å². The van der Waals surface area contributed by atoms with Gasteiger partial charge >= 0.3 is 0 Å². The number of rotatable bonds is 5. The van der Waals surface area contributed by atoms with Crippen LogP contribution in [-0.4, -0.2) is 73.4 Å². The van der Waals surface area contributed by atoms with Gasteiger partial charge in [0.1, 0.15) is 6.54 Å². The van der Waals surface area contributed by atoms with Crippen LogP contribution in [0.3, 0.4) is 0 Å². The van der Waals surface area contributed by atoms with Crippen molar-refractivity contribution in [2.24, 2.45) is 10.9 Å². The molecule has 8 heteroatoms. The lowest BCUT2D eigenvalue weighted by molar-refractivity contribution is -0.133. The molecule has 0 unspecified atom stereocenters. The summed E-state index contributed by atoms with van der Waals surface area (Å²) >= 11 is 0. The minimum absolute atomic E-state index is 0. The number of piperidine rings is 1. The Balaban J connectivity index is 0.00000280. The SMILES string of the molecule is CN(C)C(=O)CN=C(NC1CCCCC1)NC1CCN(C(=O)C2CC2)CC1.I. The van der Waals surface area contributed by atoms with Crippen molar-refractivity contribution in [1.82, 2.24) is 20.4 Å². The number of carbonyl (C=O) groups is 2. The van der Waals surface area contributed by atoms with E-state index in [0.717, 1.165) is 57.6 Å². The Morgan fingerprint density at radius 3 is 2.04 bits per heavy atom. The number of hydrogen-bond acceptors (Lipinski definition) is 3. The predicted octanol–water partition coefficient (Wildman–Crippen LogP) is 1.96. The molecule has 3 rings (SSSR count). The van der Waals surface area contributed by atoms with E-state index < -0.39 is 0 Å². The molecule has 7 nitrogen and oxygen atoms in total. The minimum Gasteiger partial charge on any atom is -0.354 e. The minimum atomic E-state index is 0. The van der Waals surface area contributed by atoms with Gasteiger partial charge in [-0.25, -0.2) is 4.99 Å². The number of guanidine groups is 1. The van der Waals surface area contributed by atoms with Crippen LogP contribution in [0.25, 0.3) is 0 Å². The first-order chi connectivity index (χ1) is 13.0. The van der Waals surface area contributed by atoms with Crippen LogP contribution in [-0.2, 0) is 9.59 Å². The first-order valence-electron chi connectivity index (χ1n) is 10.6. The first kappa shape index (κ1) is 23.2. The molecule has 2 amide bonds. The smallest absolute Gasteiger partial charge is 0.243 e. The summed E-state index contributed by atoms with van der Waals surface area (Å²) in [6.07, 6.45) is 10.2. The number of hydrogen-bond donors (Lipinski definition) is 2. The number of likely N-dealkylation sites (N-methyl/N-ethyl adjacent to an activating group) is 1. The lowest BCUT2D eigenvalue weighted by Crippen LogP contribution is -2.52. The van der Waals surface area contributed by atoms with Crippen molar-refractivity contribution in [3.63, 3.8) is 0 Å². The van der Waals surface area contributed by atoms with E-state index in [2.05, 4.69) is 15.6 Å². The zero-order valence-electron chi connectivity index (χ0n) is 17.3. The van der Waals surface area contributed by atoms with Crippen molar-refractivity contribution < 1.29 is 9.59 Å². The van der Waals surface area contributed by atoms with Crippen molar-refractivity contribution in [2.45, 2.75) is 69.9 Å². The predicted molar refractivity (Wildman–Crippen MR) is 122 cm³/mol. The van der Waals surface area contributed by atoms with Crippen LogP contribution < -0.4 is 10.6 Å². The van der Waals surface area contributed by atoms with Gasteiger partial charge in [0.2, 0.25) is 11.8 Å². The standard InChI is InChI=1S/C20H35N5O2.HI/c1-24(2)18(26)14-21-20(22-16-6-4-3-5-7-16)23-17-10-12-25(13-11-17)19(27)15-8-9-15;/h15-17H,3-14H2,1-2H3,(H2,21,22,23);1H. The Labute approximate surface area is 186 Å². The molecule has 0 bridgehead atoms. The van der Waals surface area contributed by atoms with Crippen molar-refractivity contribution in [1.29, 1.82) is 0 Å². The van der Waals surface area contributed by atoms with Gasteiger partial charge in [0.15, 0.2) is 5.96 Å². The fourth-order valence-electron chi connectivity index (χ4n) is 3.89. The average Bonchev–Trinajstić information content (AvgIpc) is 3.52. The molecule has 0 radical (unpaired) electrons. The van der Waals surface area contributed by atoms with Crippen LogP contribution in [0.15, 0.2) is 4.99 Å². The Bertz CT molecular complexity index is 551. The van der Waals surface area contributed by atoms with Crippen molar-refractivity contribution >= 4 is 41.8 Å². The highest BCUT2D eigenvalue weighted by atomic mass is 127. The highest BCUT2D eigenvalue weighted by Gasteiger charge is 2.35. The second-order valence-electron chi connectivity index (χ2n) is 8.45. The van der Waals surface area contributed by atoms with E-state index in [1.165, 1.54) is 19.3 Å². The maximum atomic E-state index is 12.2. The molecule has 1 saturated heterocycles. The van der Waals surface area contributed by atoms with E-state index in [1.807, 2.05) is 4.90 Å². The summed E-state index contributed by atoms with van der Waals surface area (Å²) in [4.78, 5) is 32.3. The Morgan fingerprint density at radius 1 is 0.929 bits per heavy atom. The zero-order chi connectivity index (χ0) is 19.2. The van der Waals surface area contributed by atoms with Gasteiger partial charge in [-0.2, -0.15) is 0 Å². The maximum absolute atomic E-state index is 12.2.